The lowest BCUT2D eigenvalue weighted by molar-refractivity contribution is 0.101. The van der Waals surface area contributed by atoms with Crippen molar-refractivity contribution in [1.82, 2.24) is 9.55 Å². The van der Waals surface area contributed by atoms with Crippen molar-refractivity contribution in [2.75, 3.05) is 6.61 Å². The Bertz CT molecular complexity index is 442. The van der Waals surface area contributed by atoms with Gasteiger partial charge in [-0.15, -0.1) is 0 Å². The molecule has 0 amide bonds. The Balaban J connectivity index is 2.46. The summed E-state index contributed by atoms with van der Waals surface area (Å²) in [5, 5.41) is 0.0803. The normalized spacial score (nSPS) is 14.9. The highest BCUT2D eigenvalue weighted by molar-refractivity contribution is 6.29. The van der Waals surface area contributed by atoms with Gasteiger partial charge in [-0.1, -0.05) is 24.9 Å². The number of rotatable bonds is 3. The topological polar surface area (TPSA) is 44.1 Å². The average molecular weight is 243 g/mol. The fraction of sp³-hybridized carbons (Fsp3) is 0.636. The molecule has 1 aliphatic rings. The van der Waals surface area contributed by atoms with Crippen LogP contribution < -0.4 is 5.56 Å². The second-order valence-electron chi connectivity index (χ2n) is 3.91. The van der Waals surface area contributed by atoms with Gasteiger partial charge in [0.15, 0.2) is 5.15 Å². The number of hydrogen-bond donors (Lipinski definition) is 0. The zero-order valence-corrected chi connectivity index (χ0v) is 10.1. The van der Waals surface area contributed by atoms with E-state index in [4.69, 9.17) is 16.3 Å². The van der Waals surface area contributed by atoms with Crippen molar-refractivity contribution in [2.45, 2.75) is 39.3 Å². The quantitative estimate of drug-likeness (QED) is 0.812. The monoisotopic (exact) mass is 242 g/mol. The van der Waals surface area contributed by atoms with Crippen molar-refractivity contribution in [3.05, 3.63) is 26.9 Å². The second kappa shape index (κ2) is 4.97. The first kappa shape index (κ1) is 11.6. The first-order chi connectivity index (χ1) is 7.74. The molecule has 2 heterocycles. The van der Waals surface area contributed by atoms with Crippen LogP contribution in [0.1, 0.15) is 31.2 Å². The van der Waals surface area contributed by atoms with Crippen molar-refractivity contribution in [1.29, 1.82) is 0 Å². The van der Waals surface area contributed by atoms with Crippen molar-refractivity contribution in [3.8, 4) is 0 Å². The summed E-state index contributed by atoms with van der Waals surface area (Å²) in [6, 6.07) is 0. The number of aromatic nitrogens is 2. The molecular weight excluding hydrogens is 228 g/mol. The van der Waals surface area contributed by atoms with E-state index in [1.54, 1.807) is 4.57 Å². The van der Waals surface area contributed by atoms with Crippen LogP contribution in [0.5, 0.6) is 0 Å². The molecular formula is C11H15ClN2O2. The van der Waals surface area contributed by atoms with E-state index >= 15 is 0 Å². The van der Waals surface area contributed by atoms with Gasteiger partial charge < -0.3 is 9.30 Å². The minimum Gasteiger partial charge on any atom is -0.375 e. The number of hydrogen-bond acceptors (Lipinski definition) is 3. The summed E-state index contributed by atoms with van der Waals surface area (Å²) in [4.78, 5) is 16.0. The molecule has 4 nitrogen and oxygen atoms in total. The largest absolute Gasteiger partial charge is 0.375 e. The molecule has 0 bridgehead atoms. The Hall–Kier alpha value is -0.870. The molecule has 0 atom stereocenters. The average Bonchev–Trinajstić information content (AvgIpc) is 2.30. The molecule has 0 fully saturated rings. The van der Waals surface area contributed by atoms with Crippen molar-refractivity contribution < 1.29 is 4.74 Å². The minimum atomic E-state index is -0.195. The molecule has 0 saturated heterocycles. The molecule has 1 aromatic heterocycles. The molecule has 0 saturated carbocycles. The van der Waals surface area contributed by atoms with E-state index < -0.39 is 0 Å². The van der Waals surface area contributed by atoms with E-state index in [9.17, 15) is 4.79 Å². The third-order valence-electron chi connectivity index (χ3n) is 2.77. The smallest absolute Gasteiger partial charge is 0.288 e. The number of fused-ring (bicyclic) bond motifs is 1. The molecule has 0 spiro atoms. The summed E-state index contributed by atoms with van der Waals surface area (Å²) in [7, 11) is 0. The van der Waals surface area contributed by atoms with Crippen LogP contribution in [0.2, 0.25) is 5.15 Å². The van der Waals surface area contributed by atoms with Crippen molar-refractivity contribution in [3.63, 3.8) is 0 Å². The van der Waals surface area contributed by atoms with E-state index in [0.717, 1.165) is 30.7 Å². The van der Waals surface area contributed by atoms with Crippen LogP contribution >= 0.6 is 11.6 Å². The van der Waals surface area contributed by atoms with Crippen LogP contribution in [-0.4, -0.2) is 16.2 Å². The highest BCUT2D eigenvalue weighted by Gasteiger charge is 2.18. The first-order valence-electron chi connectivity index (χ1n) is 5.60. The standard InChI is InChI=1S/C11H15ClN2O2/c1-2-3-5-14-9-7-16-6-4-8(9)13-10(12)11(14)15/h2-7H2,1H3. The van der Waals surface area contributed by atoms with Crippen LogP contribution in [-0.2, 0) is 24.3 Å². The maximum atomic E-state index is 11.9. The van der Waals surface area contributed by atoms with Crippen molar-refractivity contribution in [2.24, 2.45) is 0 Å². The summed E-state index contributed by atoms with van der Waals surface area (Å²) in [6.07, 6.45) is 2.75. The van der Waals surface area contributed by atoms with Crippen molar-refractivity contribution >= 4 is 11.6 Å². The lowest BCUT2D eigenvalue weighted by Crippen LogP contribution is -2.30. The Morgan fingerprint density at radius 3 is 3.12 bits per heavy atom. The molecule has 1 aromatic rings. The maximum absolute atomic E-state index is 11.9. The Kier molecular flexibility index (Phi) is 3.61. The fourth-order valence-corrected chi connectivity index (χ4v) is 2.08. The van der Waals surface area contributed by atoms with Gasteiger partial charge in [0.2, 0.25) is 0 Å². The summed E-state index contributed by atoms with van der Waals surface area (Å²) in [6.45, 7) is 3.92. The molecule has 0 aromatic carbocycles. The van der Waals surface area contributed by atoms with Gasteiger partial charge in [-0.3, -0.25) is 4.79 Å². The lowest BCUT2D eigenvalue weighted by Gasteiger charge is -2.20. The molecule has 0 radical (unpaired) electrons. The molecule has 0 aliphatic carbocycles. The van der Waals surface area contributed by atoms with Gasteiger partial charge in [-0.2, -0.15) is 0 Å². The van der Waals surface area contributed by atoms with E-state index in [0.29, 0.717) is 19.8 Å². The summed E-state index contributed by atoms with van der Waals surface area (Å²) < 4.78 is 7.08. The third kappa shape index (κ3) is 2.13. The predicted molar refractivity (Wildman–Crippen MR) is 61.8 cm³/mol. The number of nitrogens with zero attached hydrogens (tertiary/aromatic N) is 2. The minimum absolute atomic E-state index is 0.0803. The predicted octanol–water partition coefficient (Wildman–Crippen LogP) is 1.77. The van der Waals surface area contributed by atoms with E-state index in [1.165, 1.54) is 0 Å². The van der Waals surface area contributed by atoms with E-state index in [2.05, 4.69) is 11.9 Å². The first-order valence-corrected chi connectivity index (χ1v) is 5.97. The van der Waals surface area contributed by atoms with Gasteiger partial charge in [0.1, 0.15) is 0 Å². The molecule has 0 unspecified atom stereocenters. The van der Waals surface area contributed by atoms with Crippen LogP contribution in [0, 0.1) is 0 Å². The molecule has 5 heteroatoms. The van der Waals surface area contributed by atoms with Gasteiger partial charge in [0.25, 0.3) is 5.56 Å². The second-order valence-corrected chi connectivity index (χ2v) is 4.27. The highest BCUT2D eigenvalue weighted by atomic mass is 35.5. The lowest BCUT2D eigenvalue weighted by atomic mass is 10.2. The Labute approximate surface area is 99.2 Å². The molecule has 88 valence electrons. The SMILES string of the molecule is CCCCn1c2c(nc(Cl)c1=O)CCOC2. The molecule has 1 aliphatic heterocycles. The van der Waals surface area contributed by atoms with Gasteiger partial charge in [-0.05, 0) is 6.42 Å². The maximum Gasteiger partial charge on any atom is 0.288 e. The molecule has 0 N–H and O–H groups in total. The number of unbranched alkanes of at least 4 members (excludes halogenated alkanes) is 1. The van der Waals surface area contributed by atoms with E-state index in [-0.39, 0.29) is 10.7 Å². The van der Waals surface area contributed by atoms with E-state index in [1.807, 2.05) is 0 Å². The number of halogens is 1. The summed E-state index contributed by atoms with van der Waals surface area (Å²) >= 11 is 5.84. The van der Waals surface area contributed by atoms with Gasteiger partial charge >= 0.3 is 0 Å². The van der Waals surface area contributed by atoms with Crippen LogP contribution in [0.4, 0.5) is 0 Å². The van der Waals surface area contributed by atoms with Gasteiger partial charge in [0, 0.05) is 13.0 Å². The Morgan fingerprint density at radius 1 is 1.56 bits per heavy atom. The third-order valence-corrected chi connectivity index (χ3v) is 3.02. The van der Waals surface area contributed by atoms with Crippen LogP contribution in [0.3, 0.4) is 0 Å². The highest BCUT2D eigenvalue weighted by Crippen LogP contribution is 2.15. The zero-order valence-electron chi connectivity index (χ0n) is 9.33. The van der Waals surface area contributed by atoms with Crippen LogP contribution in [0.15, 0.2) is 4.79 Å². The number of ether oxygens (including phenoxy) is 1. The fourth-order valence-electron chi connectivity index (χ4n) is 1.87. The molecule has 16 heavy (non-hydrogen) atoms. The zero-order chi connectivity index (χ0) is 11.5. The summed E-state index contributed by atoms with van der Waals surface area (Å²) in [5.74, 6) is 0. The van der Waals surface area contributed by atoms with Crippen LogP contribution in [0.25, 0.3) is 0 Å². The molecule has 2 rings (SSSR count). The Morgan fingerprint density at radius 2 is 2.38 bits per heavy atom. The summed E-state index contributed by atoms with van der Waals surface area (Å²) in [5.41, 5.74) is 1.61. The van der Waals surface area contributed by atoms with Gasteiger partial charge in [0.05, 0.1) is 24.6 Å². The van der Waals surface area contributed by atoms with Gasteiger partial charge in [-0.25, -0.2) is 4.98 Å².